The number of aromatic nitrogens is 1. The molecule has 0 fully saturated rings. The molecule has 64 valence electrons. The first kappa shape index (κ1) is 8.67. The van der Waals surface area contributed by atoms with Crippen molar-refractivity contribution in [2.24, 2.45) is 0 Å². The summed E-state index contributed by atoms with van der Waals surface area (Å²) in [7, 11) is 0. The minimum atomic E-state index is -0.480. The van der Waals surface area contributed by atoms with Crippen LogP contribution in [0.1, 0.15) is 12.5 Å². The molecule has 0 spiro atoms. The van der Waals surface area contributed by atoms with Crippen LogP contribution in [-0.2, 0) is 11.3 Å². The molecule has 4 heteroatoms. The van der Waals surface area contributed by atoms with Crippen molar-refractivity contribution in [1.29, 1.82) is 0 Å². The summed E-state index contributed by atoms with van der Waals surface area (Å²) in [5.74, 6) is -0.480. The van der Waals surface area contributed by atoms with Crippen molar-refractivity contribution >= 4 is 5.91 Å². The van der Waals surface area contributed by atoms with Crippen LogP contribution in [0.5, 0.6) is 0 Å². The van der Waals surface area contributed by atoms with E-state index in [0.29, 0.717) is 5.06 Å². The van der Waals surface area contributed by atoms with E-state index in [0.717, 1.165) is 5.56 Å². The molecule has 0 radical (unpaired) electrons. The SMILES string of the molecule is CC(=O)N([O-])Cc1ccncc1. The lowest BCUT2D eigenvalue weighted by molar-refractivity contribution is -0.126. The van der Waals surface area contributed by atoms with E-state index in [-0.39, 0.29) is 6.54 Å². The number of carbonyl (C=O) groups excluding carboxylic acids is 1. The molecule has 1 aromatic rings. The Balaban J connectivity index is 2.58. The van der Waals surface area contributed by atoms with E-state index >= 15 is 0 Å². The van der Waals surface area contributed by atoms with Crippen LogP contribution in [0.25, 0.3) is 0 Å². The van der Waals surface area contributed by atoms with Crippen molar-refractivity contribution in [3.05, 3.63) is 35.3 Å². The van der Waals surface area contributed by atoms with E-state index in [2.05, 4.69) is 4.98 Å². The Kier molecular flexibility index (Phi) is 2.76. The van der Waals surface area contributed by atoms with E-state index in [1.807, 2.05) is 0 Å². The summed E-state index contributed by atoms with van der Waals surface area (Å²) in [6.45, 7) is 1.34. The van der Waals surface area contributed by atoms with Gasteiger partial charge in [0.25, 0.3) is 0 Å². The van der Waals surface area contributed by atoms with Crippen molar-refractivity contribution in [3.8, 4) is 0 Å². The molecular formula is C8H9N2O2-. The fourth-order valence-electron chi connectivity index (χ4n) is 0.765. The Bertz CT molecular complexity index is 261. The zero-order valence-electron chi connectivity index (χ0n) is 6.73. The molecule has 1 amide bonds. The maximum absolute atomic E-state index is 10.9. The van der Waals surface area contributed by atoms with Gasteiger partial charge in [-0.3, -0.25) is 9.78 Å². The Hall–Kier alpha value is -1.42. The second-order valence-electron chi connectivity index (χ2n) is 2.41. The molecule has 0 saturated carbocycles. The van der Waals surface area contributed by atoms with Crippen LogP contribution in [-0.4, -0.2) is 16.0 Å². The molecule has 1 heterocycles. The average molecular weight is 165 g/mol. The topological polar surface area (TPSA) is 56.3 Å². The van der Waals surface area contributed by atoms with Gasteiger partial charge in [-0.1, -0.05) is 0 Å². The highest BCUT2D eigenvalue weighted by atomic mass is 16.5. The summed E-state index contributed by atoms with van der Waals surface area (Å²) in [4.78, 5) is 14.3. The summed E-state index contributed by atoms with van der Waals surface area (Å²) in [6, 6.07) is 3.40. The third kappa shape index (κ3) is 2.32. The van der Waals surface area contributed by atoms with Crippen LogP contribution in [0.4, 0.5) is 0 Å². The standard InChI is InChI=1S/C8H9N2O2/c1-7(11)10(12)6-8-2-4-9-5-3-8/h2-5H,6H2,1H3/q-1. The minimum absolute atomic E-state index is 0.0951. The highest BCUT2D eigenvalue weighted by Gasteiger charge is 1.96. The van der Waals surface area contributed by atoms with Gasteiger partial charge in [0.15, 0.2) is 0 Å². The Morgan fingerprint density at radius 2 is 2.17 bits per heavy atom. The van der Waals surface area contributed by atoms with E-state index in [1.165, 1.54) is 6.92 Å². The van der Waals surface area contributed by atoms with Gasteiger partial charge in [0.1, 0.15) is 0 Å². The lowest BCUT2D eigenvalue weighted by atomic mass is 10.3. The lowest BCUT2D eigenvalue weighted by Crippen LogP contribution is -2.20. The summed E-state index contributed by atoms with van der Waals surface area (Å²) in [5, 5.41) is 11.3. The summed E-state index contributed by atoms with van der Waals surface area (Å²) >= 11 is 0. The second kappa shape index (κ2) is 3.82. The third-order valence-electron chi connectivity index (χ3n) is 1.43. The number of hydrogen-bond donors (Lipinski definition) is 0. The van der Waals surface area contributed by atoms with E-state index in [1.54, 1.807) is 24.5 Å². The quantitative estimate of drug-likeness (QED) is 0.612. The van der Waals surface area contributed by atoms with Crippen molar-refractivity contribution < 1.29 is 4.79 Å². The second-order valence-corrected chi connectivity index (χ2v) is 2.41. The molecular weight excluding hydrogens is 156 g/mol. The molecule has 0 saturated heterocycles. The number of hydrogen-bond acceptors (Lipinski definition) is 3. The third-order valence-corrected chi connectivity index (χ3v) is 1.43. The number of hydroxylamine groups is 2. The number of pyridine rings is 1. The van der Waals surface area contributed by atoms with Crippen LogP contribution >= 0.6 is 0 Å². The monoisotopic (exact) mass is 165 g/mol. The maximum Gasteiger partial charge on any atom is 0.209 e. The van der Waals surface area contributed by atoms with Gasteiger partial charge < -0.3 is 10.3 Å². The first-order valence-corrected chi connectivity index (χ1v) is 3.54. The van der Waals surface area contributed by atoms with Crippen LogP contribution in [0.2, 0.25) is 0 Å². The number of nitrogens with zero attached hydrogens (tertiary/aromatic N) is 2. The minimum Gasteiger partial charge on any atom is -0.756 e. The van der Waals surface area contributed by atoms with Gasteiger partial charge in [-0.25, -0.2) is 0 Å². The molecule has 1 aromatic heterocycles. The molecule has 0 aliphatic heterocycles. The van der Waals surface area contributed by atoms with Gasteiger partial charge in [0.2, 0.25) is 5.91 Å². The fourth-order valence-corrected chi connectivity index (χ4v) is 0.765. The lowest BCUT2D eigenvalue weighted by Gasteiger charge is -2.26. The molecule has 0 aromatic carbocycles. The molecule has 0 aliphatic rings. The summed E-state index contributed by atoms with van der Waals surface area (Å²) in [5.41, 5.74) is 0.787. The van der Waals surface area contributed by atoms with Gasteiger partial charge in [0, 0.05) is 25.9 Å². The van der Waals surface area contributed by atoms with Crippen LogP contribution in [0.15, 0.2) is 24.5 Å². The van der Waals surface area contributed by atoms with Crippen LogP contribution in [0.3, 0.4) is 0 Å². The number of rotatable bonds is 2. The van der Waals surface area contributed by atoms with Crippen LogP contribution < -0.4 is 0 Å². The zero-order chi connectivity index (χ0) is 8.97. The predicted molar refractivity (Wildman–Crippen MR) is 43.8 cm³/mol. The van der Waals surface area contributed by atoms with Gasteiger partial charge in [-0.2, -0.15) is 0 Å². The smallest absolute Gasteiger partial charge is 0.209 e. The largest absolute Gasteiger partial charge is 0.756 e. The highest BCUT2D eigenvalue weighted by molar-refractivity contribution is 5.73. The Morgan fingerprint density at radius 3 is 2.67 bits per heavy atom. The Morgan fingerprint density at radius 1 is 1.58 bits per heavy atom. The first-order chi connectivity index (χ1) is 5.70. The fraction of sp³-hybridized carbons (Fsp3) is 0.250. The molecule has 0 N–H and O–H groups in total. The Labute approximate surface area is 70.4 Å². The molecule has 0 bridgehead atoms. The molecule has 0 unspecified atom stereocenters. The predicted octanol–water partition coefficient (Wildman–Crippen LogP) is 0.928. The van der Waals surface area contributed by atoms with E-state index in [4.69, 9.17) is 0 Å². The van der Waals surface area contributed by atoms with Gasteiger partial charge in [-0.15, -0.1) is 0 Å². The van der Waals surface area contributed by atoms with Gasteiger partial charge in [-0.05, 0) is 17.7 Å². The summed E-state index contributed by atoms with van der Waals surface area (Å²) in [6.07, 6.45) is 3.17. The molecule has 1 rings (SSSR count). The van der Waals surface area contributed by atoms with Gasteiger partial charge >= 0.3 is 0 Å². The van der Waals surface area contributed by atoms with Crippen molar-refractivity contribution in [2.75, 3.05) is 0 Å². The van der Waals surface area contributed by atoms with Gasteiger partial charge in [0.05, 0.1) is 0 Å². The van der Waals surface area contributed by atoms with E-state index < -0.39 is 5.91 Å². The van der Waals surface area contributed by atoms with Crippen molar-refractivity contribution in [1.82, 2.24) is 10.0 Å². The maximum atomic E-state index is 10.9. The molecule has 12 heavy (non-hydrogen) atoms. The zero-order valence-corrected chi connectivity index (χ0v) is 6.73. The van der Waals surface area contributed by atoms with Crippen molar-refractivity contribution in [2.45, 2.75) is 13.5 Å². The highest BCUT2D eigenvalue weighted by Crippen LogP contribution is 2.01. The molecule has 4 nitrogen and oxygen atoms in total. The first-order valence-electron chi connectivity index (χ1n) is 3.54. The number of amides is 1. The number of carbonyl (C=O) groups is 1. The molecule has 0 atom stereocenters. The van der Waals surface area contributed by atoms with Crippen LogP contribution in [0, 0.1) is 5.21 Å². The van der Waals surface area contributed by atoms with Crippen molar-refractivity contribution in [3.63, 3.8) is 0 Å². The van der Waals surface area contributed by atoms with E-state index in [9.17, 15) is 10.0 Å². The molecule has 0 aliphatic carbocycles. The average Bonchev–Trinajstić information content (AvgIpc) is 2.06. The summed E-state index contributed by atoms with van der Waals surface area (Å²) < 4.78 is 0. The normalized spacial score (nSPS) is 9.50.